The van der Waals surface area contributed by atoms with E-state index >= 15 is 0 Å². The predicted molar refractivity (Wildman–Crippen MR) is 93.7 cm³/mol. The highest BCUT2D eigenvalue weighted by Crippen LogP contribution is 2.27. The number of benzene rings is 1. The van der Waals surface area contributed by atoms with Gasteiger partial charge in [0.25, 0.3) is 0 Å². The van der Waals surface area contributed by atoms with Crippen molar-refractivity contribution in [3.63, 3.8) is 0 Å². The summed E-state index contributed by atoms with van der Waals surface area (Å²) in [5, 5.41) is 18.4. The number of fused-ring (bicyclic) bond motifs is 1. The molecule has 1 aromatic heterocycles. The number of aliphatic hydroxyl groups excluding tert-OH is 1. The van der Waals surface area contributed by atoms with Crippen LogP contribution in [0, 0.1) is 0 Å². The minimum atomic E-state index is 0. The van der Waals surface area contributed by atoms with Gasteiger partial charge in [0.15, 0.2) is 0 Å². The van der Waals surface area contributed by atoms with Crippen LogP contribution in [-0.2, 0) is 0 Å². The van der Waals surface area contributed by atoms with E-state index in [0.717, 1.165) is 0 Å². The third-order valence-corrected chi connectivity index (χ3v) is 4.31. The largest absolute Gasteiger partial charge is 0.395 e. The molecule has 5 heteroatoms. The molecule has 3 N–H and O–H groups in total. The Morgan fingerprint density at radius 2 is 1.86 bits per heavy atom. The number of pyridine rings is 1. The summed E-state index contributed by atoms with van der Waals surface area (Å²) in [4.78, 5) is 4.18. The van der Waals surface area contributed by atoms with Gasteiger partial charge in [-0.2, -0.15) is 0 Å². The van der Waals surface area contributed by atoms with Gasteiger partial charge in [0.1, 0.15) is 0 Å². The molecule has 0 aliphatic heterocycles. The highest BCUT2D eigenvalue weighted by molar-refractivity contribution is 5.93. The van der Waals surface area contributed by atoms with Crippen LogP contribution in [0.1, 0.15) is 25.7 Å². The van der Waals surface area contributed by atoms with Crippen LogP contribution in [0.15, 0.2) is 36.7 Å². The van der Waals surface area contributed by atoms with Crippen LogP contribution in [0.25, 0.3) is 10.8 Å². The van der Waals surface area contributed by atoms with E-state index in [1.807, 2.05) is 12.4 Å². The third-order valence-electron chi connectivity index (χ3n) is 4.31. The quantitative estimate of drug-likeness (QED) is 0.792. The molecule has 4 nitrogen and oxygen atoms in total. The Kier molecular flexibility index (Phi) is 6.43. The first-order chi connectivity index (χ1) is 10.4. The van der Waals surface area contributed by atoms with E-state index < -0.39 is 0 Å². The molecule has 22 heavy (non-hydrogen) atoms. The van der Waals surface area contributed by atoms with E-state index in [1.54, 1.807) is 0 Å². The van der Waals surface area contributed by atoms with Crippen molar-refractivity contribution in [1.29, 1.82) is 0 Å². The standard InChI is InChI=1S/C17H23N3O.ClH/c21-11-10-19-14-4-6-15(7-5-14)20-17-3-1-2-13-12-18-9-8-16(13)17;/h1-3,8-9,12,14-15,19-21H,4-7,10-11H2;1H/t14-,15+;. The summed E-state index contributed by atoms with van der Waals surface area (Å²) >= 11 is 0. The first kappa shape index (κ1) is 17.0. The molecule has 0 saturated heterocycles. The molecule has 1 aliphatic carbocycles. The number of nitrogens with one attached hydrogen (secondary N) is 2. The summed E-state index contributed by atoms with van der Waals surface area (Å²) in [5.74, 6) is 0. The van der Waals surface area contributed by atoms with Crippen LogP contribution in [0.3, 0.4) is 0 Å². The average molecular weight is 322 g/mol. The molecular weight excluding hydrogens is 298 g/mol. The number of rotatable bonds is 5. The first-order valence-electron chi connectivity index (χ1n) is 7.80. The number of nitrogens with zero attached hydrogens (tertiary/aromatic N) is 1. The van der Waals surface area contributed by atoms with Crippen molar-refractivity contribution in [2.45, 2.75) is 37.8 Å². The number of anilines is 1. The third kappa shape index (κ3) is 4.09. The number of hydrogen-bond acceptors (Lipinski definition) is 4. The lowest BCUT2D eigenvalue weighted by Gasteiger charge is -2.30. The van der Waals surface area contributed by atoms with Gasteiger partial charge >= 0.3 is 0 Å². The van der Waals surface area contributed by atoms with Crippen molar-refractivity contribution >= 4 is 28.9 Å². The minimum Gasteiger partial charge on any atom is -0.395 e. The highest BCUT2D eigenvalue weighted by Gasteiger charge is 2.20. The van der Waals surface area contributed by atoms with E-state index in [1.165, 1.54) is 42.1 Å². The predicted octanol–water partition coefficient (Wildman–Crippen LogP) is 2.96. The monoisotopic (exact) mass is 321 g/mol. The van der Waals surface area contributed by atoms with Gasteiger partial charge in [-0.1, -0.05) is 12.1 Å². The average Bonchev–Trinajstić information content (AvgIpc) is 2.55. The van der Waals surface area contributed by atoms with E-state index in [0.29, 0.717) is 18.6 Å². The molecule has 0 amide bonds. The van der Waals surface area contributed by atoms with Crippen LogP contribution < -0.4 is 10.6 Å². The molecule has 0 spiro atoms. The summed E-state index contributed by atoms with van der Waals surface area (Å²) in [6.45, 7) is 0.932. The molecule has 1 fully saturated rings. The molecule has 0 radical (unpaired) electrons. The zero-order valence-electron chi connectivity index (χ0n) is 12.7. The fourth-order valence-corrected chi connectivity index (χ4v) is 3.18. The zero-order chi connectivity index (χ0) is 14.5. The van der Waals surface area contributed by atoms with E-state index in [9.17, 15) is 0 Å². The highest BCUT2D eigenvalue weighted by atomic mass is 35.5. The molecule has 0 bridgehead atoms. The van der Waals surface area contributed by atoms with Crippen molar-refractivity contribution < 1.29 is 5.11 Å². The van der Waals surface area contributed by atoms with Crippen molar-refractivity contribution in [3.05, 3.63) is 36.7 Å². The van der Waals surface area contributed by atoms with Crippen molar-refractivity contribution in [3.8, 4) is 0 Å². The summed E-state index contributed by atoms with van der Waals surface area (Å²) in [7, 11) is 0. The zero-order valence-corrected chi connectivity index (χ0v) is 13.5. The first-order valence-corrected chi connectivity index (χ1v) is 7.80. The molecule has 1 heterocycles. The van der Waals surface area contributed by atoms with Crippen LogP contribution in [0.2, 0.25) is 0 Å². The molecule has 2 aromatic rings. The Labute approximate surface area is 137 Å². The van der Waals surface area contributed by atoms with Crippen molar-refractivity contribution in [2.24, 2.45) is 0 Å². The van der Waals surface area contributed by atoms with Crippen molar-refractivity contribution in [1.82, 2.24) is 10.3 Å². The lowest BCUT2D eigenvalue weighted by molar-refractivity contribution is 0.269. The second-order valence-electron chi connectivity index (χ2n) is 5.77. The van der Waals surface area contributed by atoms with Crippen LogP contribution in [0.5, 0.6) is 0 Å². The fraction of sp³-hybridized carbons (Fsp3) is 0.471. The minimum absolute atomic E-state index is 0. The Morgan fingerprint density at radius 3 is 2.64 bits per heavy atom. The fourth-order valence-electron chi connectivity index (χ4n) is 3.18. The molecule has 0 unspecified atom stereocenters. The van der Waals surface area contributed by atoms with Crippen LogP contribution in [-0.4, -0.2) is 35.3 Å². The summed E-state index contributed by atoms with van der Waals surface area (Å²) in [6.07, 6.45) is 8.45. The number of hydrogen-bond donors (Lipinski definition) is 3. The smallest absolute Gasteiger partial charge is 0.0556 e. The van der Waals surface area contributed by atoms with Crippen molar-refractivity contribution in [2.75, 3.05) is 18.5 Å². The summed E-state index contributed by atoms with van der Waals surface area (Å²) < 4.78 is 0. The molecule has 1 aromatic carbocycles. The molecule has 1 aliphatic rings. The SMILES string of the molecule is Cl.OCCN[C@H]1CC[C@@H](Nc2cccc3cnccc23)CC1. The van der Waals surface area contributed by atoms with Crippen LogP contribution in [0.4, 0.5) is 5.69 Å². The van der Waals surface area contributed by atoms with Gasteiger partial charge < -0.3 is 15.7 Å². The summed E-state index contributed by atoms with van der Waals surface area (Å²) in [6, 6.07) is 9.51. The Balaban J connectivity index is 0.00000176. The maximum atomic E-state index is 8.86. The second-order valence-corrected chi connectivity index (χ2v) is 5.77. The molecule has 3 rings (SSSR count). The van der Waals surface area contributed by atoms with Gasteiger partial charge in [-0.05, 0) is 37.8 Å². The Bertz CT molecular complexity index is 580. The lowest BCUT2D eigenvalue weighted by atomic mass is 9.91. The normalized spacial score (nSPS) is 21.3. The number of halogens is 1. The summed E-state index contributed by atoms with van der Waals surface area (Å²) in [5.41, 5.74) is 1.21. The second kappa shape index (κ2) is 8.32. The molecule has 0 atom stereocenters. The molecule has 1 saturated carbocycles. The van der Waals surface area contributed by atoms with E-state index in [-0.39, 0.29) is 19.0 Å². The van der Waals surface area contributed by atoms with Gasteiger partial charge in [-0.15, -0.1) is 12.4 Å². The van der Waals surface area contributed by atoms with Gasteiger partial charge in [0, 0.05) is 47.5 Å². The number of aromatic nitrogens is 1. The van der Waals surface area contributed by atoms with Gasteiger partial charge in [-0.25, -0.2) is 0 Å². The maximum absolute atomic E-state index is 8.86. The Hall–Kier alpha value is -1.36. The number of aliphatic hydroxyl groups is 1. The topological polar surface area (TPSA) is 57.2 Å². The maximum Gasteiger partial charge on any atom is 0.0556 e. The Morgan fingerprint density at radius 1 is 1.09 bits per heavy atom. The van der Waals surface area contributed by atoms with E-state index in [2.05, 4.69) is 39.9 Å². The molecule has 120 valence electrons. The molecular formula is C17H24ClN3O. The van der Waals surface area contributed by atoms with Gasteiger partial charge in [0.2, 0.25) is 0 Å². The van der Waals surface area contributed by atoms with Gasteiger partial charge in [-0.3, -0.25) is 4.98 Å². The van der Waals surface area contributed by atoms with Gasteiger partial charge in [0.05, 0.1) is 6.61 Å². The lowest BCUT2D eigenvalue weighted by Crippen LogP contribution is -2.38. The van der Waals surface area contributed by atoms with Crippen LogP contribution >= 0.6 is 12.4 Å². The van der Waals surface area contributed by atoms with E-state index in [4.69, 9.17) is 5.11 Å².